The number of aromatic nitrogens is 2. The van der Waals surface area contributed by atoms with Gasteiger partial charge in [-0.05, 0) is 31.0 Å². The van der Waals surface area contributed by atoms with E-state index in [0.29, 0.717) is 11.7 Å². The maximum atomic E-state index is 5.86. The van der Waals surface area contributed by atoms with Crippen molar-refractivity contribution in [3.63, 3.8) is 0 Å². The molecular formula is C14H15N3O2. The minimum Gasteiger partial charge on any atom is -0.482 e. The van der Waals surface area contributed by atoms with Crippen LogP contribution in [0, 0.1) is 0 Å². The zero-order valence-electron chi connectivity index (χ0n) is 10.5. The molecule has 0 saturated carbocycles. The number of hydrogen-bond acceptors (Lipinski definition) is 5. The summed E-state index contributed by atoms with van der Waals surface area (Å²) >= 11 is 0. The van der Waals surface area contributed by atoms with Crippen LogP contribution in [0.5, 0.6) is 5.75 Å². The summed E-state index contributed by atoms with van der Waals surface area (Å²) in [6.45, 7) is 1.02. The lowest BCUT2D eigenvalue weighted by Crippen LogP contribution is -2.13. The number of fused-ring (bicyclic) bond motifs is 1. The number of benzene rings is 1. The first-order chi connectivity index (χ1) is 9.40. The largest absolute Gasteiger partial charge is 0.482 e. The van der Waals surface area contributed by atoms with E-state index in [-0.39, 0.29) is 12.1 Å². The number of nitrogens with zero attached hydrogens (tertiary/aromatic N) is 2. The molecule has 1 aromatic carbocycles. The van der Waals surface area contributed by atoms with Crippen molar-refractivity contribution in [1.82, 2.24) is 15.5 Å². The fourth-order valence-corrected chi connectivity index (χ4v) is 2.74. The standard InChI is InChI=1S/C14H15N3O2/c1-2-6-11-9(4-1)8-12(18-11)13-16-14(19-17-13)10-5-3-7-15-10/h1-2,4,6,10,12,15H,3,5,7-8H2/t10-,12?/m0/s1. The highest BCUT2D eigenvalue weighted by molar-refractivity contribution is 5.37. The van der Waals surface area contributed by atoms with Gasteiger partial charge in [0.2, 0.25) is 11.7 Å². The van der Waals surface area contributed by atoms with Crippen LogP contribution in [0.2, 0.25) is 0 Å². The fraction of sp³-hybridized carbons (Fsp3) is 0.429. The van der Waals surface area contributed by atoms with Crippen LogP contribution in [0.1, 0.15) is 42.3 Å². The molecule has 1 N–H and O–H groups in total. The van der Waals surface area contributed by atoms with Crippen molar-refractivity contribution in [2.45, 2.75) is 31.4 Å². The van der Waals surface area contributed by atoms with E-state index in [4.69, 9.17) is 9.26 Å². The van der Waals surface area contributed by atoms with E-state index in [1.54, 1.807) is 0 Å². The van der Waals surface area contributed by atoms with Gasteiger partial charge in [-0.25, -0.2) is 0 Å². The highest BCUT2D eigenvalue weighted by Crippen LogP contribution is 2.35. The molecule has 0 amide bonds. The molecule has 1 fully saturated rings. The summed E-state index contributed by atoms with van der Waals surface area (Å²) in [6.07, 6.45) is 2.92. The second-order valence-electron chi connectivity index (χ2n) is 5.06. The van der Waals surface area contributed by atoms with Gasteiger partial charge in [-0.3, -0.25) is 0 Å². The van der Waals surface area contributed by atoms with E-state index in [1.165, 1.54) is 5.56 Å². The molecular weight excluding hydrogens is 242 g/mol. The van der Waals surface area contributed by atoms with E-state index in [9.17, 15) is 0 Å². The lowest BCUT2D eigenvalue weighted by Gasteiger charge is -2.05. The average Bonchev–Trinajstić information content (AvgIpc) is 3.17. The van der Waals surface area contributed by atoms with Gasteiger partial charge in [0.05, 0.1) is 6.04 Å². The van der Waals surface area contributed by atoms with Crippen molar-refractivity contribution in [2.24, 2.45) is 0 Å². The van der Waals surface area contributed by atoms with Gasteiger partial charge < -0.3 is 14.6 Å². The van der Waals surface area contributed by atoms with Crippen LogP contribution in [-0.2, 0) is 6.42 Å². The van der Waals surface area contributed by atoms with Crippen molar-refractivity contribution < 1.29 is 9.26 Å². The molecule has 5 nitrogen and oxygen atoms in total. The van der Waals surface area contributed by atoms with Crippen LogP contribution >= 0.6 is 0 Å². The van der Waals surface area contributed by atoms with E-state index in [0.717, 1.165) is 31.6 Å². The quantitative estimate of drug-likeness (QED) is 0.893. The summed E-state index contributed by atoms with van der Waals surface area (Å²) in [7, 11) is 0. The van der Waals surface area contributed by atoms with E-state index >= 15 is 0 Å². The Morgan fingerprint density at radius 3 is 3.05 bits per heavy atom. The molecule has 0 spiro atoms. The Bertz CT molecular complexity index is 565. The number of rotatable bonds is 2. The van der Waals surface area contributed by atoms with Crippen molar-refractivity contribution in [2.75, 3.05) is 6.54 Å². The fourth-order valence-electron chi connectivity index (χ4n) is 2.74. The number of nitrogens with one attached hydrogen (secondary N) is 1. The van der Waals surface area contributed by atoms with E-state index < -0.39 is 0 Å². The highest BCUT2D eigenvalue weighted by Gasteiger charge is 2.30. The summed E-state index contributed by atoms with van der Waals surface area (Å²) in [5.74, 6) is 2.27. The van der Waals surface area contributed by atoms with Crippen LogP contribution in [-0.4, -0.2) is 16.7 Å². The zero-order valence-corrected chi connectivity index (χ0v) is 10.5. The van der Waals surface area contributed by atoms with Crippen LogP contribution < -0.4 is 10.1 Å². The highest BCUT2D eigenvalue weighted by atomic mass is 16.5. The van der Waals surface area contributed by atoms with Gasteiger partial charge in [0.1, 0.15) is 5.75 Å². The molecule has 0 radical (unpaired) electrons. The third-order valence-electron chi connectivity index (χ3n) is 3.75. The molecule has 3 heterocycles. The SMILES string of the molecule is c1ccc2c(c1)CC(c1noc([C@@H]3CCCN3)n1)O2. The third-order valence-corrected chi connectivity index (χ3v) is 3.75. The van der Waals surface area contributed by atoms with Gasteiger partial charge in [0, 0.05) is 6.42 Å². The Kier molecular flexibility index (Phi) is 2.51. The minimum absolute atomic E-state index is 0.115. The molecule has 0 aliphatic carbocycles. The lowest BCUT2D eigenvalue weighted by molar-refractivity contribution is 0.220. The summed E-state index contributed by atoms with van der Waals surface area (Å²) in [6, 6.07) is 8.27. The topological polar surface area (TPSA) is 60.2 Å². The Morgan fingerprint density at radius 1 is 1.26 bits per heavy atom. The molecule has 1 unspecified atom stereocenters. The molecule has 2 aliphatic heterocycles. The molecule has 2 aromatic rings. The number of para-hydroxylation sites is 1. The molecule has 2 aliphatic rings. The maximum Gasteiger partial charge on any atom is 0.243 e. The molecule has 0 bridgehead atoms. The van der Waals surface area contributed by atoms with Crippen molar-refractivity contribution in [1.29, 1.82) is 0 Å². The van der Waals surface area contributed by atoms with Crippen LogP contribution in [0.4, 0.5) is 0 Å². The molecule has 98 valence electrons. The van der Waals surface area contributed by atoms with E-state index in [1.807, 2.05) is 18.2 Å². The predicted molar refractivity (Wildman–Crippen MR) is 67.8 cm³/mol. The first-order valence-corrected chi connectivity index (χ1v) is 6.71. The van der Waals surface area contributed by atoms with E-state index in [2.05, 4.69) is 21.5 Å². The van der Waals surface area contributed by atoms with Crippen LogP contribution in [0.3, 0.4) is 0 Å². The van der Waals surface area contributed by atoms with Crippen molar-refractivity contribution in [3.8, 4) is 5.75 Å². The zero-order chi connectivity index (χ0) is 12.7. The summed E-state index contributed by atoms with van der Waals surface area (Å²) in [5, 5.41) is 7.43. The number of ether oxygens (including phenoxy) is 1. The molecule has 5 heteroatoms. The summed E-state index contributed by atoms with van der Waals surface area (Å²) in [5.41, 5.74) is 1.21. The second kappa shape index (κ2) is 4.35. The second-order valence-corrected chi connectivity index (χ2v) is 5.06. The van der Waals surface area contributed by atoms with Crippen molar-refractivity contribution in [3.05, 3.63) is 41.5 Å². The van der Waals surface area contributed by atoms with Gasteiger partial charge in [-0.15, -0.1) is 0 Å². The minimum atomic E-state index is -0.115. The molecule has 19 heavy (non-hydrogen) atoms. The smallest absolute Gasteiger partial charge is 0.243 e. The molecule has 4 rings (SSSR count). The number of hydrogen-bond donors (Lipinski definition) is 1. The molecule has 1 saturated heterocycles. The van der Waals surface area contributed by atoms with Gasteiger partial charge >= 0.3 is 0 Å². The Hall–Kier alpha value is -1.88. The first-order valence-electron chi connectivity index (χ1n) is 6.71. The normalized spacial score (nSPS) is 25.3. The Labute approximate surface area is 111 Å². The van der Waals surface area contributed by atoms with Crippen molar-refractivity contribution >= 4 is 0 Å². The monoisotopic (exact) mass is 257 g/mol. The van der Waals surface area contributed by atoms with Gasteiger partial charge in [0.25, 0.3) is 0 Å². The maximum absolute atomic E-state index is 5.86. The van der Waals surface area contributed by atoms with Crippen LogP contribution in [0.25, 0.3) is 0 Å². The average molecular weight is 257 g/mol. The molecule has 1 aromatic heterocycles. The first kappa shape index (κ1) is 11.0. The Balaban J connectivity index is 1.55. The lowest BCUT2D eigenvalue weighted by atomic mass is 10.1. The molecule has 2 atom stereocenters. The third kappa shape index (κ3) is 1.90. The Morgan fingerprint density at radius 2 is 2.21 bits per heavy atom. The predicted octanol–water partition coefficient (Wildman–Crippen LogP) is 2.17. The summed E-state index contributed by atoms with van der Waals surface area (Å²) in [4.78, 5) is 4.49. The van der Waals surface area contributed by atoms with Gasteiger partial charge in [0.15, 0.2) is 6.10 Å². The van der Waals surface area contributed by atoms with Gasteiger partial charge in [-0.2, -0.15) is 4.98 Å². The van der Waals surface area contributed by atoms with Gasteiger partial charge in [-0.1, -0.05) is 23.4 Å². The van der Waals surface area contributed by atoms with Crippen LogP contribution in [0.15, 0.2) is 28.8 Å². The summed E-state index contributed by atoms with van der Waals surface area (Å²) < 4.78 is 11.2.